The average molecular weight is 292 g/mol. The molecule has 0 unspecified atom stereocenters. The van der Waals surface area contributed by atoms with Crippen LogP contribution in [-0.4, -0.2) is 58.0 Å². The van der Waals surface area contributed by atoms with Crippen molar-refractivity contribution in [1.82, 2.24) is 20.0 Å². The topological polar surface area (TPSA) is 69.3 Å². The molecule has 1 saturated heterocycles. The van der Waals surface area contributed by atoms with Crippen LogP contribution in [-0.2, 0) is 4.79 Å². The molecule has 6 nitrogen and oxygen atoms in total. The molecule has 1 aromatic heterocycles. The maximum Gasteiger partial charge on any atom is 0.257 e. The van der Waals surface area contributed by atoms with Crippen LogP contribution in [0.3, 0.4) is 0 Å². The molecule has 1 aromatic rings. The van der Waals surface area contributed by atoms with Gasteiger partial charge in [0.2, 0.25) is 5.91 Å². The summed E-state index contributed by atoms with van der Waals surface area (Å²) in [5, 5.41) is 6.91. The van der Waals surface area contributed by atoms with Gasteiger partial charge in [0.05, 0.1) is 11.3 Å². The first kappa shape index (κ1) is 15.5. The average Bonchev–Trinajstić information content (AvgIpc) is 2.77. The van der Waals surface area contributed by atoms with Crippen molar-refractivity contribution >= 4 is 11.8 Å². The first-order chi connectivity index (χ1) is 9.90. The largest absolute Gasteiger partial charge is 0.339 e. The number of carbonyl (C=O) groups is 2. The summed E-state index contributed by atoms with van der Waals surface area (Å²) >= 11 is 0. The number of carbonyl (C=O) groups excluding carboxylic acids is 2. The zero-order valence-corrected chi connectivity index (χ0v) is 13.3. The molecule has 1 N–H and O–H groups in total. The minimum Gasteiger partial charge on any atom is -0.339 e. The summed E-state index contributed by atoms with van der Waals surface area (Å²) in [4.78, 5) is 28.2. The number of nitrogens with one attached hydrogen (secondary N) is 1. The predicted octanol–water partition coefficient (Wildman–Crippen LogP) is 1.36. The van der Waals surface area contributed by atoms with Crippen LogP contribution >= 0.6 is 0 Å². The summed E-state index contributed by atoms with van der Waals surface area (Å²) in [6.45, 7) is 10.2. The number of hydrogen-bond acceptors (Lipinski definition) is 3. The Hall–Kier alpha value is -1.85. The van der Waals surface area contributed by atoms with Crippen molar-refractivity contribution in [3.63, 3.8) is 0 Å². The van der Waals surface area contributed by atoms with Crippen LogP contribution in [0, 0.1) is 19.8 Å². The molecule has 0 spiro atoms. The Morgan fingerprint density at radius 1 is 1.14 bits per heavy atom. The smallest absolute Gasteiger partial charge is 0.257 e. The molecule has 0 aliphatic carbocycles. The number of aryl methyl sites for hydroxylation is 2. The zero-order chi connectivity index (χ0) is 15.6. The van der Waals surface area contributed by atoms with Crippen LogP contribution < -0.4 is 0 Å². The zero-order valence-electron chi connectivity index (χ0n) is 13.3. The fourth-order valence-electron chi connectivity index (χ4n) is 2.66. The molecule has 0 aromatic carbocycles. The molecule has 1 aliphatic rings. The number of rotatable bonds is 3. The van der Waals surface area contributed by atoms with Gasteiger partial charge in [-0.1, -0.05) is 13.8 Å². The minimum absolute atomic E-state index is 0.00899. The highest BCUT2D eigenvalue weighted by molar-refractivity contribution is 5.96. The molecule has 21 heavy (non-hydrogen) atoms. The second-order valence-corrected chi connectivity index (χ2v) is 6.08. The third kappa shape index (κ3) is 3.43. The van der Waals surface area contributed by atoms with Crippen LogP contribution in [0.1, 0.15) is 42.0 Å². The standard InChI is InChI=1S/C15H24N4O2/c1-10(2)9-13(20)18-5-7-19(8-6-18)15(21)14-11(3)16-17-12(14)4/h10H,5-9H2,1-4H3,(H,16,17). The lowest BCUT2D eigenvalue weighted by molar-refractivity contribution is -0.133. The number of amides is 2. The van der Waals surface area contributed by atoms with Crippen molar-refractivity contribution in [2.45, 2.75) is 34.1 Å². The fourth-order valence-corrected chi connectivity index (χ4v) is 2.66. The van der Waals surface area contributed by atoms with Crippen LogP contribution in [0.2, 0.25) is 0 Å². The molecule has 2 rings (SSSR count). The van der Waals surface area contributed by atoms with E-state index in [4.69, 9.17) is 0 Å². The highest BCUT2D eigenvalue weighted by Gasteiger charge is 2.27. The van der Waals surface area contributed by atoms with Gasteiger partial charge in [-0.25, -0.2) is 0 Å². The Balaban J connectivity index is 1.95. The summed E-state index contributed by atoms with van der Waals surface area (Å²) in [7, 11) is 0. The molecule has 116 valence electrons. The van der Waals surface area contributed by atoms with Crippen LogP contribution in [0.25, 0.3) is 0 Å². The maximum absolute atomic E-state index is 12.5. The number of piperazine rings is 1. The number of H-pyrrole nitrogens is 1. The number of nitrogens with zero attached hydrogens (tertiary/aromatic N) is 3. The van der Waals surface area contributed by atoms with Crippen molar-refractivity contribution in [3.8, 4) is 0 Å². The molecule has 1 aliphatic heterocycles. The summed E-state index contributed by atoms with van der Waals surface area (Å²) in [5.41, 5.74) is 2.20. The van der Waals surface area contributed by atoms with Crippen molar-refractivity contribution in [2.75, 3.05) is 26.2 Å². The quantitative estimate of drug-likeness (QED) is 0.914. The molecule has 2 heterocycles. The summed E-state index contributed by atoms with van der Waals surface area (Å²) in [6.07, 6.45) is 0.577. The minimum atomic E-state index is 0.00899. The molecule has 0 atom stereocenters. The maximum atomic E-state index is 12.5. The number of aromatic nitrogens is 2. The van der Waals surface area contributed by atoms with E-state index in [9.17, 15) is 9.59 Å². The molecule has 0 bridgehead atoms. The monoisotopic (exact) mass is 292 g/mol. The van der Waals surface area contributed by atoms with E-state index in [0.29, 0.717) is 44.1 Å². The highest BCUT2D eigenvalue weighted by atomic mass is 16.2. The van der Waals surface area contributed by atoms with Gasteiger partial charge >= 0.3 is 0 Å². The van der Waals surface area contributed by atoms with Gasteiger partial charge in [0.1, 0.15) is 0 Å². The Morgan fingerprint density at radius 3 is 2.19 bits per heavy atom. The van der Waals surface area contributed by atoms with Crippen molar-refractivity contribution in [1.29, 1.82) is 0 Å². The van der Waals surface area contributed by atoms with Gasteiger partial charge in [-0.15, -0.1) is 0 Å². The third-order valence-electron chi connectivity index (χ3n) is 3.84. The van der Waals surface area contributed by atoms with E-state index in [0.717, 1.165) is 11.4 Å². The van der Waals surface area contributed by atoms with E-state index in [1.54, 1.807) is 0 Å². The normalized spacial score (nSPS) is 15.7. The lowest BCUT2D eigenvalue weighted by Crippen LogP contribution is -2.50. The van der Waals surface area contributed by atoms with Gasteiger partial charge in [-0.3, -0.25) is 14.7 Å². The molecule has 2 amide bonds. The molecule has 0 saturated carbocycles. The van der Waals surface area contributed by atoms with Gasteiger partial charge in [0, 0.05) is 38.3 Å². The second kappa shape index (κ2) is 6.28. The number of hydrogen-bond donors (Lipinski definition) is 1. The predicted molar refractivity (Wildman–Crippen MR) is 80.0 cm³/mol. The van der Waals surface area contributed by atoms with Crippen LogP contribution in [0.4, 0.5) is 0 Å². The van der Waals surface area contributed by atoms with E-state index in [2.05, 4.69) is 10.2 Å². The molecule has 1 fully saturated rings. The Morgan fingerprint density at radius 2 is 1.71 bits per heavy atom. The third-order valence-corrected chi connectivity index (χ3v) is 3.84. The summed E-state index contributed by atoms with van der Waals surface area (Å²) < 4.78 is 0. The highest BCUT2D eigenvalue weighted by Crippen LogP contribution is 2.15. The first-order valence-electron chi connectivity index (χ1n) is 7.48. The van der Waals surface area contributed by atoms with E-state index in [1.807, 2.05) is 37.5 Å². The lowest BCUT2D eigenvalue weighted by Gasteiger charge is -2.35. The molecule has 0 radical (unpaired) electrons. The summed E-state index contributed by atoms with van der Waals surface area (Å²) in [5.74, 6) is 0.566. The fraction of sp³-hybridized carbons (Fsp3) is 0.667. The van der Waals surface area contributed by atoms with Crippen molar-refractivity contribution in [3.05, 3.63) is 17.0 Å². The van der Waals surface area contributed by atoms with Gasteiger partial charge in [-0.2, -0.15) is 5.10 Å². The Bertz CT molecular complexity index is 508. The molecular formula is C15H24N4O2. The van der Waals surface area contributed by atoms with Gasteiger partial charge < -0.3 is 9.80 Å². The van der Waals surface area contributed by atoms with Crippen LogP contribution in [0.15, 0.2) is 0 Å². The van der Waals surface area contributed by atoms with Crippen LogP contribution in [0.5, 0.6) is 0 Å². The van der Waals surface area contributed by atoms with E-state index in [1.165, 1.54) is 0 Å². The van der Waals surface area contributed by atoms with Gasteiger partial charge in [0.25, 0.3) is 5.91 Å². The molecular weight excluding hydrogens is 268 g/mol. The second-order valence-electron chi connectivity index (χ2n) is 6.08. The Labute approximate surface area is 125 Å². The van der Waals surface area contributed by atoms with E-state index < -0.39 is 0 Å². The SMILES string of the molecule is Cc1n[nH]c(C)c1C(=O)N1CCN(C(=O)CC(C)C)CC1. The van der Waals surface area contributed by atoms with Gasteiger partial charge in [0.15, 0.2) is 0 Å². The van der Waals surface area contributed by atoms with E-state index >= 15 is 0 Å². The summed E-state index contributed by atoms with van der Waals surface area (Å²) in [6, 6.07) is 0. The lowest BCUT2D eigenvalue weighted by atomic mass is 10.1. The number of aromatic amines is 1. The van der Waals surface area contributed by atoms with Gasteiger partial charge in [-0.05, 0) is 19.8 Å². The van der Waals surface area contributed by atoms with Crippen molar-refractivity contribution < 1.29 is 9.59 Å². The van der Waals surface area contributed by atoms with Crippen molar-refractivity contribution in [2.24, 2.45) is 5.92 Å². The first-order valence-corrected chi connectivity index (χ1v) is 7.48. The Kier molecular flexibility index (Phi) is 4.65. The molecule has 6 heteroatoms. The van der Waals surface area contributed by atoms with E-state index in [-0.39, 0.29) is 11.8 Å².